The largest absolute Gasteiger partial charge is 0.467 e. The second kappa shape index (κ2) is 12.1. The van der Waals surface area contributed by atoms with E-state index in [1.807, 2.05) is 53.2 Å². The highest BCUT2D eigenvalue weighted by atomic mass is 35.5. The lowest BCUT2D eigenvalue weighted by atomic mass is 10.0. The van der Waals surface area contributed by atoms with E-state index < -0.39 is 5.91 Å². The molecule has 0 unspecified atom stereocenters. The zero-order valence-corrected chi connectivity index (χ0v) is 23.0. The van der Waals surface area contributed by atoms with E-state index in [-0.39, 0.29) is 19.0 Å². The number of hydrogen-bond acceptors (Lipinski definition) is 4. The second-order valence-corrected chi connectivity index (χ2v) is 10.1. The number of carbonyl (C=O) groups excluding carboxylic acids is 2. The van der Waals surface area contributed by atoms with Gasteiger partial charge in [-0.05, 0) is 47.9 Å². The van der Waals surface area contributed by atoms with E-state index in [1.165, 1.54) is 16.7 Å². The number of hydrogen-bond donors (Lipinski definition) is 1. The van der Waals surface area contributed by atoms with E-state index in [0.717, 1.165) is 11.3 Å². The molecule has 2 aromatic heterocycles. The van der Waals surface area contributed by atoms with Gasteiger partial charge in [0.15, 0.2) is 0 Å². The van der Waals surface area contributed by atoms with Crippen LogP contribution < -0.4 is 5.32 Å². The maximum Gasteiger partial charge on any atom is 0.256 e. The van der Waals surface area contributed by atoms with E-state index >= 15 is 0 Å². The van der Waals surface area contributed by atoms with Crippen LogP contribution in [0.25, 0.3) is 16.9 Å². The minimum Gasteiger partial charge on any atom is -0.467 e. The Bertz CT molecular complexity index is 1590. The average molecular weight is 553 g/mol. The number of halogens is 1. The summed E-state index contributed by atoms with van der Waals surface area (Å²) >= 11 is 6.31. The fourth-order valence-corrected chi connectivity index (χ4v) is 4.58. The first-order valence-electron chi connectivity index (χ1n) is 13.0. The standard InChI is InChI=1S/C32H29ClN4O3/c1-22(2)23-14-16-25(17-15-23)37-20-29(24-9-4-3-5-10-24)34-32(37)35-30(38)21-36(19-26-11-8-18-40-26)31(39)27-12-6-7-13-28(27)33/h3-18,20,22H,19,21H2,1-2H3,(H,34,35,38). The van der Waals surface area contributed by atoms with Crippen LogP contribution in [0.3, 0.4) is 0 Å². The Labute approximate surface area is 238 Å². The predicted octanol–water partition coefficient (Wildman–Crippen LogP) is 7.19. The first-order valence-corrected chi connectivity index (χ1v) is 13.4. The molecule has 8 heteroatoms. The van der Waals surface area contributed by atoms with Gasteiger partial charge in [0.1, 0.15) is 12.3 Å². The Kier molecular flexibility index (Phi) is 8.12. The maximum atomic E-state index is 13.4. The monoisotopic (exact) mass is 552 g/mol. The molecular weight excluding hydrogens is 524 g/mol. The number of amides is 2. The quantitative estimate of drug-likeness (QED) is 0.210. The molecule has 2 amide bonds. The molecule has 0 aliphatic heterocycles. The van der Waals surface area contributed by atoms with Gasteiger partial charge < -0.3 is 9.32 Å². The average Bonchev–Trinajstić information content (AvgIpc) is 3.63. The van der Waals surface area contributed by atoms with E-state index in [9.17, 15) is 9.59 Å². The lowest BCUT2D eigenvalue weighted by molar-refractivity contribution is -0.117. The van der Waals surface area contributed by atoms with Crippen LogP contribution in [0.1, 0.15) is 41.4 Å². The lowest BCUT2D eigenvalue weighted by Crippen LogP contribution is -2.38. The lowest BCUT2D eigenvalue weighted by Gasteiger charge is -2.22. The summed E-state index contributed by atoms with van der Waals surface area (Å²) in [4.78, 5) is 33.0. The topological polar surface area (TPSA) is 80.4 Å². The Balaban J connectivity index is 1.44. The molecule has 1 N–H and O–H groups in total. The van der Waals surface area contributed by atoms with Gasteiger partial charge in [-0.1, -0.05) is 80.0 Å². The van der Waals surface area contributed by atoms with Crippen molar-refractivity contribution in [1.82, 2.24) is 14.5 Å². The predicted molar refractivity (Wildman–Crippen MR) is 157 cm³/mol. The van der Waals surface area contributed by atoms with Crippen LogP contribution in [0.5, 0.6) is 0 Å². The van der Waals surface area contributed by atoms with Gasteiger partial charge in [0.2, 0.25) is 11.9 Å². The number of anilines is 1. The van der Waals surface area contributed by atoms with Gasteiger partial charge in [-0.3, -0.25) is 19.5 Å². The molecule has 0 radical (unpaired) electrons. The fourth-order valence-electron chi connectivity index (χ4n) is 4.37. The molecule has 0 fully saturated rings. The van der Waals surface area contributed by atoms with Crippen molar-refractivity contribution in [3.8, 4) is 16.9 Å². The molecule has 0 aliphatic rings. The van der Waals surface area contributed by atoms with Crippen LogP contribution in [-0.2, 0) is 11.3 Å². The van der Waals surface area contributed by atoms with Crippen molar-refractivity contribution in [2.75, 3.05) is 11.9 Å². The van der Waals surface area contributed by atoms with Crippen LogP contribution in [-0.4, -0.2) is 32.8 Å². The van der Waals surface area contributed by atoms with Gasteiger partial charge in [-0.2, -0.15) is 0 Å². The third kappa shape index (κ3) is 6.16. The first kappa shape index (κ1) is 27.0. The van der Waals surface area contributed by atoms with Crippen LogP contribution in [0.15, 0.2) is 108 Å². The molecule has 5 aromatic rings. The molecule has 40 heavy (non-hydrogen) atoms. The van der Waals surface area contributed by atoms with Crippen LogP contribution in [0.2, 0.25) is 5.02 Å². The third-order valence-corrected chi connectivity index (χ3v) is 6.85. The number of nitrogens with zero attached hydrogens (tertiary/aromatic N) is 3. The van der Waals surface area contributed by atoms with Crippen molar-refractivity contribution < 1.29 is 14.0 Å². The smallest absolute Gasteiger partial charge is 0.256 e. The van der Waals surface area contributed by atoms with Crippen molar-refractivity contribution in [2.24, 2.45) is 0 Å². The summed E-state index contributed by atoms with van der Waals surface area (Å²) in [6.07, 6.45) is 3.42. The molecule has 5 rings (SSSR count). The molecule has 7 nitrogen and oxygen atoms in total. The summed E-state index contributed by atoms with van der Waals surface area (Å²) in [5.41, 5.74) is 4.01. The number of rotatable bonds is 9. The Morgan fingerprint density at radius 2 is 1.68 bits per heavy atom. The van der Waals surface area contributed by atoms with Gasteiger partial charge in [-0.15, -0.1) is 0 Å². The normalized spacial score (nSPS) is 11.0. The van der Waals surface area contributed by atoms with Crippen LogP contribution in [0.4, 0.5) is 5.95 Å². The van der Waals surface area contributed by atoms with E-state index in [2.05, 4.69) is 31.3 Å². The molecule has 202 valence electrons. The van der Waals surface area contributed by atoms with Gasteiger partial charge >= 0.3 is 0 Å². The van der Waals surface area contributed by atoms with Crippen molar-refractivity contribution >= 4 is 29.4 Å². The molecule has 2 heterocycles. The molecular formula is C32H29ClN4O3. The van der Waals surface area contributed by atoms with Crippen molar-refractivity contribution in [2.45, 2.75) is 26.3 Å². The van der Waals surface area contributed by atoms with Crippen molar-refractivity contribution in [3.05, 3.63) is 125 Å². The summed E-state index contributed by atoms with van der Waals surface area (Å²) in [6, 6.07) is 28.2. The zero-order chi connectivity index (χ0) is 28.1. The Hall–Kier alpha value is -4.62. The Morgan fingerprint density at radius 1 is 0.950 bits per heavy atom. The van der Waals surface area contributed by atoms with Gasteiger partial charge in [0.25, 0.3) is 5.91 Å². The van der Waals surface area contributed by atoms with Gasteiger partial charge in [0.05, 0.1) is 29.1 Å². The van der Waals surface area contributed by atoms with Crippen LogP contribution in [0, 0.1) is 0 Å². The minimum absolute atomic E-state index is 0.102. The summed E-state index contributed by atoms with van der Waals surface area (Å²) in [6.45, 7) is 4.16. The van der Waals surface area contributed by atoms with Gasteiger partial charge in [-0.25, -0.2) is 4.98 Å². The molecule has 0 aliphatic carbocycles. The highest BCUT2D eigenvalue weighted by Crippen LogP contribution is 2.26. The van der Waals surface area contributed by atoms with Gasteiger partial charge in [0, 0.05) is 17.4 Å². The molecule has 0 saturated carbocycles. The van der Waals surface area contributed by atoms with E-state index in [0.29, 0.717) is 33.9 Å². The molecule has 0 saturated heterocycles. The summed E-state index contributed by atoms with van der Waals surface area (Å²) in [7, 11) is 0. The number of nitrogens with one attached hydrogen (secondary N) is 1. The SMILES string of the molecule is CC(C)c1ccc(-n2cc(-c3ccccc3)nc2NC(=O)CN(Cc2ccco2)C(=O)c2ccccc2Cl)cc1. The zero-order valence-electron chi connectivity index (χ0n) is 22.3. The number of aromatic nitrogens is 2. The summed E-state index contributed by atoms with van der Waals surface area (Å²) in [5, 5.41) is 3.23. The maximum absolute atomic E-state index is 13.4. The highest BCUT2D eigenvalue weighted by molar-refractivity contribution is 6.33. The molecule has 0 bridgehead atoms. The molecule has 0 spiro atoms. The van der Waals surface area contributed by atoms with Crippen molar-refractivity contribution in [1.29, 1.82) is 0 Å². The number of imidazole rings is 1. The summed E-state index contributed by atoms with van der Waals surface area (Å²) < 4.78 is 7.31. The first-order chi connectivity index (χ1) is 19.4. The molecule has 3 aromatic carbocycles. The highest BCUT2D eigenvalue weighted by Gasteiger charge is 2.23. The van der Waals surface area contributed by atoms with Crippen LogP contribution >= 0.6 is 11.6 Å². The minimum atomic E-state index is -0.405. The number of benzene rings is 3. The fraction of sp³-hybridized carbons (Fsp3) is 0.156. The van der Waals surface area contributed by atoms with E-state index in [1.54, 1.807) is 36.4 Å². The second-order valence-electron chi connectivity index (χ2n) is 9.70. The third-order valence-electron chi connectivity index (χ3n) is 6.52. The number of carbonyl (C=O) groups is 2. The summed E-state index contributed by atoms with van der Waals surface area (Å²) in [5.74, 6) is 0.509. The number of furan rings is 1. The Morgan fingerprint density at radius 3 is 2.35 bits per heavy atom. The van der Waals surface area contributed by atoms with Crippen molar-refractivity contribution in [3.63, 3.8) is 0 Å². The van der Waals surface area contributed by atoms with E-state index in [4.69, 9.17) is 21.0 Å². The molecule has 0 atom stereocenters.